The van der Waals surface area contributed by atoms with Crippen LogP contribution in [0.5, 0.6) is 11.8 Å². The highest BCUT2D eigenvalue weighted by molar-refractivity contribution is 5.68. The SMILES string of the molecule is CCCCOc1ncc(C(F)(F)F)c(N(C)c2ccccc2OC2CCCC2)n1. The third kappa shape index (κ3) is 5.31. The van der Waals surface area contributed by atoms with Gasteiger partial charge in [-0.3, -0.25) is 0 Å². The molecule has 158 valence electrons. The molecule has 0 aliphatic heterocycles. The minimum absolute atomic E-state index is 0.0671. The molecule has 29 heavy (non-hydrogen) atoms. The first-order valence-electron chi connectivity index (χ1n) is 9.96. The number of rotatable bonds is 8. The lowest BCUT2D eigenvalue weighted by atomic mass is 10.2. The number of halogens is 3. The molecule has 8 heteroatoms. The Kier molecular flexibility index (Phi) is 6.82. The van der Waals surface area contributed by atoms with Crippen molar-refractivity contribution in [1.82, 2.24) is 9.97 Å². The topological polar surface area (TPSA) is 47.5 Å². The summed E-state index contributed by atoms with van der Waals surface area (Å²) in [7, 11) is 1.55. The van der Waals surface area contributed by atoms with Gasteiger partial charge in [-0.1, -0.05) is 25.5 Å². The average molecular weight is 409 g/mol. The molecule has 3 rings (SSSR count). The van der Waals surface area contributed by atoms with Gasteiger partial charge in [0.1, 0.15) is 11.3 Å². The number of alkyl halides is 3. The van der Waals surface area contributed by atoms with Crippen molar-refractivity contribution in [2.45, 2.75) is 57.7 Å². The monoisotopic (exact) mass is 409 g/mol. The largest absolute Gasteiger partial charge is 0.488 e. The van der Waals surface area contributed by atoms with Gasteiger partial charge >= 0.3 is 12.2 Å². The minimum Gasteiger partial charge on any atom is -0.488 e. The fourth-order valence-electron chi connectivity index (χ4n) is 3.32. The highest BCUT2D eigenvalue weighted by Gasteiger charge is 2.37. The van der Waals surface area contributed by atoms with E-state index in [9.17, 15) is 13.2 Å². The number of nitrogens with zero attached hydrogens (tertiary/aromatic N) is 3. The van der Waals surface area contributed by atoms with Crippen LogP contribution in [0.4, 0.5) is 24.7 Å². The van der Waals surface area contributed by atoms with Crippen LogP contribution in [-0.2, 0) is 6.18 Å². The van der Waals surface area contributed by atoms with Gasteiger partial charge in [-0.15, -0.1) is 0 Å². The molecule has 5 nitrogen and oxygen atoms in total. The molecule has 1 aliphatic carbocycles. The highest BCUT2D eigenvalue weighted by atomic mass is 19.4. The third-order valence-electron chi connectivity index (χ3n) is 4.92. The second-order valence-electron chi connectivity index (χ2n) is 7.14. The summed E-state index contributed by atoms with van der Waals surface area (Å²) in [5.41, 5.74) is -0.401. The van der Waals surface area contributed by atoms with Crippen LogP contribution < -0.4 is 14.4 Å². The van der Waals surface area contributed by atoms with E-state index in [4.69, 9.17) is 9.47 Å². The molecule has 0 bridgehead atoms. The molecule has 0 saturated heterocycles. The first-order chi connectivity index (χ1) is 13.9. The summed E-state index contributed by atoms with van der Waals surface area (Å²) in [6.45, 7) is 2.35. The minimum atomic E-state index is -4.59. The number of unbranched alkanes of at least 4 members (excludes halogenated alkanes) is 1. The molecule has 0 radical (unpaired) electrons. The molecule has 1 aromatic heterocycles. The summed E-state index contributed by atoms with van der Waals surface area (Å²) in [6, 6.07) is 7.01. The molecular formula is C21H26F3N3O2. The van der Waals surface area contributed by atoms with Crippen molar-refractivity contribution in [1.29, 1.82) is 0 Å². The second kappa shape index (κ2) is 9.33. The Morgan fingerprint density at radius 2 is 1.90 bits per heavy atom. The Labute approximate surface area is 168 Å². The van der Waals surface area contributed by atoms with Crippen LogP contribution in [0.2, 0.25) is 0 Å². The van der Waals surface area contributed by atoms with Crippen molar-refractivity contribution in [2.24, 2.45) is 0 Å². The van der Waals surface area contributed by atoms with Crippen LogP contribution in [0, 0.1) is 0 Å². The van der Waals surface area contributed by atoms with E-state index in [1.54, 1.807) is 25.2 Å². The van der Waals surface area contributed by atoms with Crippen molar-refractivity contribution >= 4 is 11.5 Å². The standard InChI is InChI=1S/C21H26F3N3O2/c1-3-4-13-28-20-25-14-16(21(22,23)24)19(26-20)27(2)17-11-7-8-12-18(17)29-15-9-5-6-10-15/h7-8,11-12,14-15H,3-6,9-10,13H2,1-2H3. The van der Waals surface area contributed by atoms with Crippen molar-refractivity contribution in [3.63, 3.8) is 0 Å². The van der Waals surface area contributed by atoms with E-state index >= 15 is 0 Å². The van der Waals surface area contributed by atoms with Crippen LogP contribution in [-0.4, -0.2) is 29.7 Å². The van der Waals surface area contributed by atoms with E-state index in [2.05, 4.69) is 9.97 Å². The van der Waals surface area contributed by atoms with Crippen LogP contribution >= 0.6 is 0 Å². The zero-order valence-electron chi connectivity index (χ0n) is 16.7. The number of hydrogen-bond acceptors (Lipinski definition) is 5. The molecular weight excluding hydrogens is 383 g/mol. The predicted molar refractivity (Wildman–Crippen MR) is 105 cm³/mol. The first-order valence-corrected chi connectivity index (χ1v) is 9.96. The van der Waals surface area contributed by atoms with Gasteiger partial charge in [0.25, 0.3) is 0 Å². The number of aromatic nitrogens is 2. The van der Waals surface area contributed by atoms with Gasteiger partial charge in [0.05, 0.1) is 18.4 Å². The Hall–Kier alpha value is -2.51. The maximum atomic E-state index is 13.6. The van der Waals surface area contributed by atoms with Crippen LogP contribution in [0.3, 0.4) is 0 Å². The van der Waals surface area contributed by atoms with Crippen LogP contribution in [0.1, 0.15) is 51.0 Å². The van der Waals surface area contributed by atoms with Gasteiger partial charge in [0.15, 0.2) is 5.82 Å². The number of para-hydroxylation sites is 2. The fourth-order valence-corrected chi connectivity index (χ4v) is 3.32. The molecule has 0 spiro atoms. The molecule has 1 saturated carbocycles. The molecule has 0 N–H and O–H groups in total. The smallest absolute Gasteiger partial charge is 0.421 e. The second-order valence-corrected chi connectivity index (χ2v) is 7.14. The van der Waals surface area contributed by atoms with Gasteiger partial charge < -0.3 is 14.4 Å². The molecule has 1 aliphatic rings. The summed E-state index contributed by atoms with van der Waals surface area (Å²) in [4.78, 5) is 9.22. The fraction of sp³-hybridized carbons (Fsp3) is 0.524. The van der Waals surface area contributed by atoms with Gasteiger partial charge in [0.2, 0.25) is 0 Å². The number of hydrogen-bond donors (Lipinski definition) is 0. The third-order valence-corrected chi connectivity index (χ3v) is 4.92. The van der Waals surface area contributed by atoms with Crippen molar-refractivity contribution in [3.05, 3.63) is 36.0 Å². The lowest BCUT2D eigenvalue weighted by molar-refractivity contribution is -0.137. The van der Waals surface area contributed by atoms with Gasteiger partial charge in [-0.2, -0.15) is 18.2 Å². The van der Waals surface area contributed by atoms with Gasteiger partial charge in [0, 0.05) is 13.2 Å². The molecule has 1 heterocycles. The van der Waals surface area contributed by atoms with E-state index in [1.807, 2.05) is 13.0 Å². The molecule has 0 unspecified atom stereocenters. The summed E-state index contributed by atoms with van der Waals surface area (Å²) < 4.78 is 52.4. The van der Waals surface area contributed by atoms with E-state index in [0.29, 0.717) is 18.0 Å². The summed E-state index contributed by atoms with van der Waals surface area (Å²) in [5.74, 6) is 0.281. The Morgan fingerprint density at radius 1 is 1.17 bits per heavy atom. The zero-order chi connectivity index (χ0) is 20.9. The van der Waals surface area contributed by atoms with Crippen LogP contribution in [0.25, 0.3) is 0 Å². The first kappa shape index (κ1) is 21.2. The van der Waals surface area contributed by atoms with Crippen molar-refractivity contribution in [2.75, 3.05) is 18.6 Å². The molecule has 0 atom stereocenters. The van der Waals surface area contributed by atoms with E-state index in [0.717, 1.165) is 44.7 Å². The van der Waals surface area contributed by atoms with Gasteiger partial charge in [-0.05, 0) is 44.2 Å². The lowest BCUT2D eigenvalue weighted by Gasteiger charge is -2.25. The molecule has 2 aromatic rings. The molecule has 1 fully saturated rings. The highest BCUT2D eigenvalue weighted by Crippen LogP contribution is 2.40. The molecule has 0 amide bonds. The number of benzene rings is 1. The number of ether oxygens (including phenoxy) is 2. The average Bonchev–Trinajstić information content (AvgIpc) is 3.20. The van der Waals surface area contributed by atoms with E-state index < -0.39 is 11.7 Å². The Morgan fingerprint density at radius 3 is 2.59 bits per heavy atom. The predicted octanol–water partition coefficient (Wildman–Crippen LogP) is 5.76. The van der Waals surface area contributed by atoms with Gasteiger partial charge in [-0.25, -0.2) is 4.98 Å². The van der Waals surface area contributed by atoms with Crippen LogP contribution in [0.15, 0.2) is 30.5 Å². The summed E-state index contributed by atoms with van der Waals surface area (Å²) in [6.07, 6.45) is 2.06. The Balaban J connectivity index is 1.94. The zero-order valence-corrected chi connectivity index (χ0v) is 16.7. The van der Waals surface area contributed by atoms with E-state index in [1.165, 1.54) is 4.90 Å². The summed E-state index contributed by atoms with van der Waals surface area (Å²) in [5, 5.41) is 0. The Bertz CT molecular complexity index is 808. The molecule has 1 aromatic carbocycles. The maximum absolute atomic E-state index is 13.6. The summed E-state index contributed by atoms with van der Waals surface area (Å²) >= 11 is 0. The normalized spacial score (nSPS) is 14.8. The lowest BCUT2D eigenvalue weighted by Crippen LogP contribution is -2.21. The van der Waals surface area contributed by atoms with Crippen molar-refractivity contribution < 1.29 is 22.6 Å². The van der Waals surface area contributed by atoms with Crippen molar-refractivity contribution in [3.8, 4) is 11.8 Å². The number of anilines is 2. The van der Waals surface area contributed by atoms with E-state index in [-0.39, 0.29) is 17.9 Å². The quantitative estimate of drug-likeness (QED) is 0.519. The maximum Gasteiger partial charge on any atom is 0.421 e.